The van der Waals surface area contributed by atoms with Crippen molar-refractivity contribution < 1.29 is 39.0 Å². The fourth-order valence-corrected chi connectivity index (χ4v) is 3.17. The average molecular weight is 489 g/mol. The van der Waals surface area contributed by atoms with Gasteiger partial charge in [0.1, 0.15) is 0 Å². The van der Waals surface area contributed by atoms with E-state index in [0.717, 1.165) is 32.6 Å². The third-order valence-electron chi connectivity index (χ3n) is 4.31. The molecule has 0 saturated carbocycles. The van der Waals surface area contributed by atoms with Gasteiger partial charge in [-0.15, -0.1) is 0 Å². The first kappa shape index (κ1) is 20.7. The Labute approximate surface area is 165 Å². The number of aromatic nitrogens is 1. The molecular formula is C18H25N3Rh2. The summed E-state index contributed by atoms with van der Waals surface area (Å²) in [6.07, 6.45) is 14.6. The van der Waals surface area contributed by atoms with Crippen LogP contribution in [0.2, 0.25) is 0 Å². The molecule has 1 aliphatic carbocycles. The zero-order valence-electron chi connectivity index (χ0n) is 13.7. The van der Waals surface area contributed by atoms with Crippen LogP contribution in [0.5, 0.6) is 0 Å². The van der Waals surface area contributed by atoms with Crippen LogP contribution in [0.1, 0.15) is 24.9 Å². The zero-order valence-corrected chi connectivity index (χ0v) is 17.0. The van der Waals surface area contributed by atoms with Crippen LogP contribution in [0.25, 0.3) is 0 Å². The monoisotopic (exact) mass is 489 g/mol. The van der Waals surface area contributed by atoms with Crippen molar-refractivity contribution in [3.8, 4) is 0 Å². The van der Waals surface area contributed by atoms with Gasteiger partial charge in [0, 0.05) is 84.6 Å². The predicted octanol–water partition coefficient (Wildman–Crippen LogP) is 2.80. The third-order valence-corrected chi connectivity index (χ3v) is 4.31. The molecule has 5 heteroatoms. The Hall–Kier alpha value is -0.333. The first-order valence-corrected chi connectivity index (χ1v) is 7.84. The summed E-state index contributed by atoms with van der Waals surface area (Å²) in [4.78, 5) is 2.59. The molecule has 2 radical (unpaired) electrons. The Morgan fingerprint density at radius 2 is 1.87 bits per heavy atom. The number of nitrogens with zero attached hydrogens (tertiary/aromatic N) is 2. The SMILES string of the molecule is CC1=CC=C(C(c2ccn(C)c2)N2CCNCC2)C=CC1.[Rh].[Rh]. The van der Waals surface area contributed by atoms with Crippen molar-refractivity contribution in [3.63, 3.8) is 0 Å². The molecule has 130 valence electrons. The van der Waals surface area contributed by atoms with Crippen LogP contribution < -0.4 is 5.32 Å². The van der Waals surface area contributed by atoms with Gasteiger partial charge in [0.05, 0.1) is 6.04 Å². The number of nitrogens with one attached hydrogen (secondary N) is 1. The standard InChI is InChI=1S/C18H25N3.2Rh/c1-15-4-3-5-16(7-6-15)18(17-8-11-20(2)14-17)21-12-9-19-10-13-21;;/h3,5-8,11,14,18-19H,4,9-10,12-13H2,1-2H3;;. The molecule has 1 unspecified atom stereocenters. The molecule has 1 aromatic heterocycles. The van der Waals surface area contributed by atoms with E-state index in [0.29, 0.717) is 6.04 Å². The van der Waals surface area contributed by atoms with Crippen LogP contribution in [-0.4, -0.2) is 35.6 Å². The first-order chi connectivity index (χ1) is 10.2. The smallest absolute Gasteiger partial charge is 0.0617 e. The molecule has 1 saturated heterocycles. The minimum absolute atomic E-state index is 0. The molecule has 1 atom stereocenters. The fraction of sp³-hybridized carbons (Fsp3) is 0.444. The van der Waals surface area contributed by atoms with Crippen LogP contribution >= 0.6 is 0 Å². The summed E-state index contributed by atoms with van der Waals surface area (Å²) in [6.45, 7) is 6.57. The second-order valence-corrected chi connectivity index (χ2v) is 6.08. The summed E-state index contributed by atoms with van der Waals surface area (Å²) in [5, 5.41) is 3.45. The van der Waals surface area contributed by atoms with Gasteiger partial charge in [-0.1, -0.05) is 29.9 Å². The van der Waals surface area contributed by atoms with Crippen molar-refractivity contribution in [1.82, 2.24) is 14.8 Å². The molecule has 23 heavy (non-hydrogen) atoms. The van der Waals surface area contributed by atoms with E-state index < -0.39 is 0 Å². The number of hydrogen-bond donors (Lipinski definition) is 1. The molecule has 0 amide bonds. The van der Waals surface area contributed by atoms with Gasteiger partial charge in [0.25, 0.3) is 0 Å². The average Bonchev–Trinajstić information content (AvgIpc) is 2.80. The molecule has 2 heterocycles. The Kier molecular flexibility index (Phi) is 8.86. The number of aryl methyl sites for hydroxylation is 1. The summed E-state index contributed by atoms with van der Waals surface area (Å²) in [7, 11) is 2.10. The van der Waals surface area contributed by atoms with Crippen molar-refractivity contribution in [2.24, 2.45) is 7.05 Å². The van der Waals surface area contributed by atoms with E-state index in [2.05, 4.69) is 71.5 Å². The minimum Gasteiger partial charge on any atom is -0.357 e. The molecule has 2 aliphatic rings. The predicted molar refractivity (Wildman–Crippen MR) is 88.2 cm³/mol. The van der Waals surface area contributed by atoms with Crippen LogP contribution in [0.3, 0.4) is 0 Å². The Morgan fingerprint density at radius 1 is 1.13 bits per heavy atom. The van der Waals surface area contributed by atoms with Gasteiger partial charge in [-0.25, -0.2) is 0 Å². The molecule has 0 spiro atoms. The molecule has 1 aromatic rings. The maximum Gasteiger partial charge on any atom is 0.0617 e. The van der Waals surface area contributed by atoms with Crippen LogP contribution in [0, 0.1) is 0 Å². The van der Waals surface area contributed by atoms with E-state index in [1.54, 1.807) is 0 Å². The maximum atomic E-state index is 3.45. The maximum absolute atomic E-state index is 3.45. The number of hydrogen-bond acceptors (Lipinski definition) is 2. The topological polar surface area (TPSA) is 20.2 Å². The molecule has 3 nitrogen and oxygen atoms in total. The number of piperazine rings is 1. The normalized spacial score (nSPS) is 19.7. The second-order valence-electron chi connectivity index (χ2n) is 6.08. The summed E-state index contributed by atoms with van der Waals surface area (Å²) in [5.74, 6) is 0. The van der Waals surface area contributed by atoms with E-state index in [9.17, 15) is 0 Å². The van der Waals surface area contributed by atoms with Crippen molar-refractivity contribution in [2.75, 3.05) is 26.2 Å². The number of rotatable bonds is 3. The first-order valence-electron chi connectivity index (χ1n) is 7.84. The Morgan fingerprint density at radius 3 is 2.52 bits per heavy atom. The minimum atomic E-state index is 0. The number of allylic oxidation sites excluding steroid dienone is 4. The molecule has 1 N–H and O–H groups in total. The van der Waals surface area contributed by atoms with Crippen LogP contribution in [0.4, 0.5) is 0 Å². The molecule has 1 aliphatic heterocycles. The zero-order chi connectivity index (χ0) is 14.7. The summed E-state index contributed by atoms with van der Waals surface area (Å²) in [6, 6.07) is 2.62. The van der Waals surface area contributed by atoms with Crippen molar-refractivity contribution in [3.05, 3.63) is 59.5 Å². The van der Waals surface area contributed by atoms with E-state index in [1.165, 1.54) is 16.7 Å². The summed E-state index contributed by atoms with van der Waals surface area (Å²) >= 11 is 0. The van der Waals surface area contributed by atoms with E-state index in [4.69, 9.17) is 0 Å². The van der Waals surface area contributed by atoms with Gasteiger partial charge >= 0.3 is 0 Å². The quantitative estimate of drug-likeness (QED) is 0.660. The van der Waals surface area contributed by atoms with Gasteiger partial charge in [-0.05, 0) is 30.5 Å². The van der Waals surface area contributed by atoms with Gasteiger partial charge in [-0.2, -0.15) is 0 Å². The molecule has 0 bridgehead atoms. The fourth-order valence-electron chi connectivity index (χ4n) is 3.17. The van der Waals surface area contributed by atoms with Gasteiger partial charge in [0.15, 0.2) is 0 Å². The third kappa shape index (κ3) is 5.33. The van der Waals surface area contributed by atoms with E-state index >= 15 is 0 Å². The second kappa shape index (κ2) is 9.84. The molecule has 0 aromatic carbocycles. The van der Waals surface area contributed by atoms with Crippen LogP contribution in [0.15, 0.2) is 53.9 Å². The van der Waals surface area contributed by atoms with Crippen molar-refractivity contribution in [2.45, 2.75) is 19.4 Å². The van der Waals surface area contributed by atoms with Gasteiger partial charge < -0.3 is 9.88 Å². The van der Waals surface area contributed by atoms with Gasteiger partial charge in [-0.3, -0.25) is 4.90 Å². The van der Waals surface area contributed by atoms with Gasteiger partial charge in [0.2, 0.25) is 0 Å². The molecular weight excluding hydrogens is 464 g/mol. The summed E-state index contributed by atoms with van der Waals surface area (Å²) in [5.41, 5.74) is 4.22. The van der Waals surface area contributed by atoms with E-state index in [-0.39, 0.29) is 39.0 Å². The largest absolute Gasteiger partial charge is 0.357 e. The van der Waals surface area contributed by atoms with E-state index in [1.807, 2.05) is 0 Å². The van der Waals surface area contributed by atoms with Crippen LogP contribution in [-0.2, 0) is 46.0 Å². The summed E-state index contributed by atoms with van der Waals surface area (Å²) < 4.78 is 2.15. The van der Waals surface area contributed by atoms with Crippen molar-refractivity contribution >= 4 is 0 Å². The Balaban J connectivity index is 0.00000132. The molecule has 3 rings (SSSR count). The van der Waals surface area contributed by atoms with Crippen molar-refractivity contribution in [1.29, 1.82) is 0 Å². The Bertz CT molecular complexity index is 581. The molecule has 1 fully saturated rings.